The van der Waals surface area contributed by atoms with Gasteiger partial charge in [-0.1, -0.05) is 54.9 Å². The summed E-state index contributed by atoms with van der Waals surface area (Å²) in [7, 11) is 0. The van der Waals surface area contributed by atoms with Crippen molar-refractivity contribution in [2.45, 2.75) is 173 Å². The standard InChI is InChI=1S/C34H65N3O10S/c1-10-18(6)28-25(37-32(43)21(17-48)36-20(8)40)27(42)30(23(16-39)45-28)47-34(13-4,14-5)33(9,12-3)31-24(35)26(41)29(22(15-38)46-31)44-19(7)11-2/h18-19,21-31,38-39,41-42,48H,10-17,35H2,1-9H3,(H,36,40)(H,37,43). The molecule has 13 nitrogen and oxygen atoms in total. The topological polar surface area (TPSA) is 202 Å². The van der Waals surface area contributed by atoms with E-state index < -0.39 is 96.4 Å². The molecule has 2 heterocycles. The monoisotopic (exact) mass is 707 g/mol. The van der Waals surface area contributed by atoms with Crippen molar-refractivity contribution in [2.24, 2.45) is 17.1 Å². The van der Waals surface area contributed by atoms with E-state index in [9.17, 15) is 30.0 Å². The number of aliphatic hydroxyl groups excluding tert-OH is 4. The second-order valence-electron chi connectivity index (χ2n) is 13.9. The van der Waals surface area contributed by atoms with Gasteiger partial charge in [0.1, 0.15) is 42.7 Å². The maximum atomic E-state index is 13.4. The van der Waals surface area contributed by atoms with Crippen LogP contribution in [0.5, 0.6) is 0 Å². The molecule has 2 rings (SSSR count). The van der Waals surface area contributed by atoms with E-state index in [1.54, 1.807) is 0 Å². The van der Waals surface area contributed by atoms with Crippen molar-refractivity contribution in [1.29, 1.82) is 0 Å². The summed E-state index contributed by atoms with van der Waals surface area (Å²) in [6.45, 7) is 16.1. The highest BCUT2D eigenvalue weighted by atomic mass is 32.1. The first-order valence-corrected chi connectivity index (χ1v) is 18.4. The lowest BCUT2D eigenvalue weighted by molar-refractivity contribution is -0.303. The third-order valence-electron chi connectivity index (χ3n) is 11.1. The molecule has 2 aliphatic heterocycles. The van der Waals surface area contributed by atoms with Gasteiger partial charge in [-0.3, -0.25) is 9.59 Å². The highest BCUT2D eigenvalue weighted by Crippen LogP contribution is 2.51. The summed E-state index contributed by atoms with van der Waals surface area (Å²) in [5.41, 5.74) is 4.83. The molecule has 0 bridgehead atoms. The Morgan fingerprint density at radius 1 is 0.938 bits per heavy atom. The second-order valence-corrected chi connectivity index (χ2v) is 14.3. The maximum absolute atomic E-state index is 13.4. The van der Waals surface area contributed by atoms with Crippen LogP contribution in [0.4, 0.5) is 0 Å². The number of hydrogen-bond donors (Lipinski definition) is 8. The van der Waals surface area contributed by atoms with Crippen LogP contribution in [0.25, 0.3) is 0 Å². The zero-order chi connectivity index (χ0) is 36.6. The summed E-state index contributed by atoms with van der Waals surface area (Å²) in [5, 5.41) is 49.9. The average Bonchev–Trinajstić information content (AvgIpc) is 3.08. The molecule has 2 amide bonds. The quantitative estimate of drug-likeness (QED) is 0.0948. The second kappa shape index (κ2) is 19.0. The van der Waals surface area contributed by atoms with E-state index in [2.05, 4.69) is 23.3 Å². The van der Waals surface area contributed by atoms with E-state index >= 15 is 0 Å². The number of nitrogens with one attached hydrogen (secondary N) is 2. The Hall–Kier alpha value is -1.07. The molecule has 14 atom stereocenters. The zero-order valence-corrected chi connectivity index (χ0v) is 31.3. The van der Waals surface area contributed by atoms with Gasteiger partial charge in [0, 0.05) is 18.1 Å². The Bertz CT molecular complexity index is 1010. The van der Waals surface area contributed by atoms with E-state index in [1.807, 2.05) is 55.4 Å². The SMILES string of the molecule is CCC(C)OC1C(CO)OC(C(C)(CC)C(CC)(CC)OC2C(CO)OC(C(C)CC)C(NC(=O)C(CS)NC(C)=O)C2O)C(N)C1O. The summed E-state index contributed by atoms with van der Waals surface area (Å²) in [6.07, 6.45) is -5.09. The van der Waals surface area contributed by atoms with Gasteiger partial charge < -0.3 is 55.7 Å². The number of carbonyl (C=O) groups excluding carboxylic acids is 2. The van der Waals surface area contributed by atoms with E-state index in [-0.39, 0.29) is 24.4 Å². The molecule has 14 heteroatoms. The fourth-order valence-corrected chi connectivity index (χ4v) is 7.76. The minimum Gasteiger partial charge on any atom is -0.394 e. The molecule has 0 aliphatic carbocycles. The van der Waals surface area contributed by atoms with Crippen molar-refractivity contribution in [3.05, 3.63) is 0 Å². The predicted molar refractivity (Wildman–Crippen MR) is 186 cm³/mol. The van der Waals surface area contributed by atoms with Crippen molar-refractivity contribution in [3.8, 4) is 0 Å². The molecule has 0 aromatic rings. The van der Waals surface area contributed by atoms with Crippen LogP contribution >= 0.6 is 12.6 Å². The van der Waals surface area contributed by atoms with Crippen LogP contribution < -0.4 is 16.4 Å². The van der Waals surface area contributed by atoms with Crippen molar-refractivity contribution in [1.82, 2.24) is 10.6 Å². The highest BCUT2D eigenvalue weighted by molar-refractivity contribution is 7.80. The molecule has 0 radical (unpaired) electrons. The third kappa shape index (κ3) is 9.04. The zero-order valence-electron chi connectivity index (χ0n) is 30.4. The normalized spacial score (nSPS) is 34.5. The van der Waals surface area contributed by atoms with Crippen LogP contribution in [-0.2, 0) is 28.5 Å². The molecule has 2 saturated heterocycles. The van der Waals surface area contributed by atoms with Gasteiger partial charge in [0.25, 0.3) is 0 Å². The number of amides is 2. The minimum atomic E-state index is -1.32. The highest BCUT2D eigenvalue weighted by Gasteiger charge is 2.60. The number of aliphatic hydroxyl groups is 4. The Kier molecular flexibility index (Phi) is 17.0. The van der Waals surface area contributed by atoms with Crippen LogP contribution in [0, 0.1) is 11.3 Å². The van der Waals surface area contributed by atoms with Crippen molar-refractivity contribution < 1.29 is 49.0 Å². The summed E-state index contributed by atoms with van der Waals surface area (Å²) >= 11 is 4.24. The van der Waals surface area contributed by atoms with Gasteiger partial charge in [0.15, 0.2) is 0 Å². The molecule has 0 aromatic carbocycles. The number of rotatable bonds is 18. The molecule has 2 aliphatic rings. The fourth-order valence-electron chi connectivity index (χ4n) is 7.50. The lowest BCUT2D eigenvalue weighted by Gasteiger charge is -2.58. The van der Waals surface area contributed by atoms with Crippen LogP contribution in [-0.4, -0.2) is 130 Å². The van der Waals surface area contributed by atoms with Gasteiger partial charge >= 0.3 is 0 Å². The number of hydrogen-bond acceptors (Lipinski definition) is 12. The molecule has 0 aromatic heterocycles. The minimum absolute atomic E-state index is 0.0392. The van der Waals surface area contributed by atoms with Crippen LogP contribution in [0.2, 0.25) is 0 Å². The van der Waals surface area contributed by atoms with E-state index in [0.717, 1.165) is 0 Å². The van der Waals surface area contributed by atoms with Crippen LogP contribution in [0.3, 0.4) is 0 Å². The van der Waals surface area contributed by atoms with Crippen molar-refractivity contribution in [3.63, 3.8) is 0 Å². The molecule has 48 heavy (non-hydrogen) atoms. The van der Waals surface area contributed by atoms with E-state index in [4.69, 9.17) is 24.7 Å². The fraction of sp³-hybridized carbons (Fsp3) is 0.941. The first-order chi connectivity index (χ1) is 22.6. The number of ether oxygens (including phenoxy) is 4. The van der Waals surface area contributed by atoms with Gasteiger partial charge in [-0.25, -0.2) is 0 Å². The predicted octanol–water partition coefficient (Wildman–Crippen LogP) is 1.06. The Morgan fingerprint density at radius 3 is 1.98 bits per heavy atom. The van der Waals surface area contributed by atoms with E-state index in [1.165, 1.54) is 6.92 Å². The van der Waals surface area contributed by atoms with Crippen molar-refractivity contribution in [2.75, 3.05) is 19.0 Å². The molecule has 2 fully saturated rings. The van der Waals surface area contributed by atoms with Gasteiger partial charge in [0.2, 0.25) is 11.8 Å². The molecule has 14 unspecified atom stereocenters. The van der Waals surface area contributed by atoms with E-state index in [0.29, 0.717) is 32.1 Å². The molecule has 8 N–H and O–H groups in total. The lowest BCUT2D eigenvalue weighted by atomic mass is 9.61. The van der Waals surface area contributed by atoms with Gasteiger partial charge in [-0.15, -0.1) is 0 Å². The summed E-state index contributed by atoms with van der Waals surface area (Å²) in [6, 6.07) is -2.78. The lowest BCUT2D eigenvalue weighted by Crippen LogP contribution is -2.72. The smallest absolute Gasteiger partial charge is 0.243 e. The van der Waals surface area contributed by atoms with Crippen LogP contribution in [0.1, 0.15) is 94.4 Å². The first-order valence-electron chi connectivity index (χ1n) is 17.8. The van der Waals surface area contributed by atoms with Gasteiger partial charge in [-0.2, -0.15) is 12.6 Å². The number of nitrogens with two attached hydrogens (primary N) is 1. The molecule has 282 valence electrons. The summed E-state index contributed by atoms with van der Waals surface area (Å²) in [5.74, 6) is -1.00. The molecular formula is C34H65N3O10S. The Morgan fingerprint density at radius 2 is 1.52 bits per heavy atom. The molecular weight excluding hydrogens is 642 g/mol. The summed E-state index contributed by atoms with van der Waals surface area (Å²) < 4.78 is 26.0. The first kappa shape index (κ1) is 43.1. The summed E-state index contributed by atoms with van der Waals surface area (Å²) in [4.78, 5) is 25.1. The van der Waals surface area contributed by atoms with Crippen molar-refractivity contribution >= 4 is 24.4 Å². The maximum Gasteiger partial charge on any atom is 0.243 e. The Labute approximate surface area is 292 Å². The average molecular weight is 708 g/mol. The van der Waals surface area contributed by atoms with Gasteiger partial charge in [-0.05, 0) is 38.5 Å². The largest absolute Gasteiger partial charge is 0.394 e. The number of carbonyl (C=O) groups is 2. The van der Waals surface area contributed by atoms with Crippen LogP contribution in [0.15, 0.2) is 0 Å². The molecule has 0 spiro atoms. The number of thiol groups is 1. The Balaban J connectivity index is 2.57. The third-order valence-corrected chi connectivity index (χ3v) is 11.5. The van der Waals surface area contributed by atoms with Gasteiger partial charge in [0.05, 0.1) is 49.2 Å². The molecule has 0 saturated carbocycles.